The molecule has 0 radical (unpaired) electrons. The fourth-order valence-corrected chi connectivity index (χ4v) is 2.09. The first-order valence-electron chi connectivity index (χ1n) is 5.91. The van der Waals surface area contributed by atoms with E-state index in [1.165, 1.54) is 6.07 Å². The zero-order valence-corrected chi connectivity index (χ0v) is 10.4. The summed E-state index contributed by atoms with van der Waals surface area (Å²) in [6, 6.07) is 4.58. The van der Waals surface area contributed by atoms with Gasteiger partial charge < -0.3 is 15.5 Å². The topological polar surface area (TPSA) is 88.8 Å². The zero-order chi connectivity index (χ0) is 14.0. The number of halogens is 1. The molecule has 5 nitrogen and oxygen atoms in total. The highest BCUT2D eigenvalue weighted by molar-refractivity contribution is 5.80. The minimum atomic E-state index is -0.652. The molecule has 0 saturated heterocycles. The van der Waals surface area contributed by atoms with Crippen LogP contribution in [0.5, 0.6) is 0 Å². The van der Waals surface area contributed by atoms with Crippen molar-refractivity contribution in [2.24, 2.45) is 11.7 Å². The summed E-state index contributed by atoms with van der Waals surface area (Å²) in [6.07, 6.45) is 0.672. The second kappa shape index (κ2) is 5.17. The van der Waals surface area contributed by atoms with E-state index in [1.807, 2.05) is 0 Å². The van der Waals surface area contributed by atoms with Crippen molar-refractivity contribution >= 4 is 23.2 Å². The molecule has 2 atom stereocenters. The van der Waals surface area contributed by atoms with Crippen LogP contribution < -0.4 is 5.73 Å². The molecule has 0 spiro atoms. The summed E-state index contributed by atoms with van der Waals surface area (Å²) in [5, 5.41) is 0. The monoisotopic (exact) mass is 263 g/mol. The lowest BCUT2D eigenvalue weighted by Crippen LogP contribution is -2.28. The number of benzene rings is 1. The number of aldehydes is 1. The molecule has 2 rings (SSSR count). The van der Waals surface area contributed by atoms with E-state index in [0.717, 1.165) is 0 Å². The Morgan fingerprint density at radius 2 is 2.32 bits per heavy atom. The third kappa shape index (κ3) is 2.47. The fraction of sp³-hybridized carbons (Fsp3) is 0.308. The summed E-state index contributed by atoms with van der Waals surface area (Å²) in [5.74, 6) is -1.58. The lowest BCUT2D eigenvalue weighted by Gasteiger charge is -2.16. The SMILES string of the molecule is C[C@H](c1nc2c(F)cccc2[nH]1)C(CC=O)C(N)=O. The first-order chi connectivity index (χ1) is 9.04. The molecule has 1 amide bonds. The van der Waals surface area contributed by atoms with Crippen molar-refractivity contribution < 1.29 is 14.0 Å². The third-order valence-corrected chi connectivity index (χ3v) is 3.23. The number of nitrogens with zero attached hydrogens (tertiary/aromatic N) is 1. The second-order valence-corrected chi connectivity index (χ2v) is 4.46. The number of nitrogens with one attached hydrogen (secondary N) is 1. The molecule has 6 heteroatoms. The van der Waals surface area contributed by atoms with Crippen LogP contribution in [0.1, 0.15) is 25.1 Å². The number of nitrogens with two attached hydrogens (primary N) is 1. The van der Waals surface area contributed by atoms with Crippen LogP contribution in [-0.4, -0.2) is 22.2 Å². The largest absolute Gasteiger partial charge is 0.369 e. The van der Waals surface area contributed by atoms with Crippen molar-refractivity contribution in [3.8, 4) is 0 Å². The molecule has 0 fully saturated rings. The molecule has 0 aliphatic rings. The highest BCUT2D eigenvalue weighted by Gasteiger charge is 2.26. The van der Waals surface area contributed by atoms with Gasteiger partial charge in [0.25, 0.3) is 0 Å². The van der Waals surface area contributed by atoms with E-state index in [2.05, 4.69) is 9.97 Å². The van der Waals surface area contributed by atoms with E-state index in [9.17, 15) is 14.0 Å². The number of rotatable bonds is 5. The lowest BCUT2D eigenvalue weighted by atomic mass is 9.90. The van der Waals surface area contributed by atoms with Gasteiger partial charge in [0.2, 0.25) is 5.91 Å². The first kappa shape index (κ1) is 13.2. The van der Waals surface area contributed by atoms with E-state index in [1.54, 1.807) is 19.1 Å². The molecule has 19 heavy (non-hydrogen) atoms. The summed E-state index contributed by atoms with van der Waals surface area (Å²) < 4.78 is 13.5. The number of amides is 1. The summed E-state index contributed by atoms with van der Waals surface area (Å²) in [5.41, 5.74) is 6.04. The van der Waals surface area contributed by atoms with Crippen LogP contribution in [0.3, 0.4) is 0 Å². The molecule has 0 aliphatic heterocycles. The standard InChI is InChI=1S/C13H14FN3O2/c1-7(8(5-6-18)12(15)19)13-16-10-4-2-3-9(14)11(10)17-13/h2-4,6-8H,5H2,1H3,(H2,15,19)(H,16,17)/t7-,8?/m0/s1. The number of para-hydroxylation sites is 1. The number of carbonyl (C=O) groups excluding carboxylic acids is 2. The molecule has 1 aromatic heterocycles. The Morgan fingerprint density at radius 3 is 2.89 bits per heavy atom. The molecule has 0 saturated carbocycles. The summed E-state index contributed by atoms with van der Waals surface area (Å²) in [4.78, 5) is 29.0. The number of hydrogen-bond donors (Lipinski definition) is 2. The van der Waals surface area contributed by atoms with E-state index < -0.39 is 17.6 Å². The van der Waals surface area contributed by atoms with E-state index in [-0.39, 0.29) is 17.9 Å². The summed E-state index contributed by atoms with van der Waals surface area (Å²) >= 11 is 0. The number of hydrogen-bond acceptors (Lipinski definition) is 3. The predicted octanol–water partition coefficient (Wildman–Crippen LogP) is 1.50. The van der Waals surface area contributed by atoms with Gasteiger partial charge in [0.15, 0.2) is 5.82 Å². The van der Waals surface area contributed by atoms with Crippen LogP contribution in [0.4, 0.5) is 4.39 Å². The van der Waals surface area contributed by atoms with E-state index >= 15 is 0 Å². The Kier molecular flexibility index (Phi) is 3.59. The third-order valence-electron chi connectivity index (χ3n) is 3.23. The smallest absolute Gasteiger partial charge is 0.221 e. The normalized spacial score (nSPS) is 14.2. The molecule has 1 aromatic carbocycles. The average Bonchev–Trinajstić information content (AvgIpc) is 2.80. The van der Waals surface area contributed by atoms with Crippen molar-refractivity contribution in [2.45, 2.75) is 19.3 Å². The minimum Gasteiger partial charge on any atom is -0.369 e. The summed E-state index contributed by atoms with van der Waals surface area (Å²) in [6.45, 7) is 1.73. The number of primary amides is 1. The van der Waals surface area contributed by atoms with Gasteiger partial charge in [-0.3, -0.25) is 4.79 Å². The Balaban J connectivity index is 2.40. The fourth-order valence-electron chi connectivity index (χ4n) is 2.09. The van der Waals surface area contributed by atoms with Crippen LogP contribution in [-0.2, 0) is 9.59 Å². The van der Waals surface area contributed by atoms with Crippen molar-refractivity contribution in [1.29, 1.82) is 0 Å². The van der Waals surface area contributed by atoms with Gasteiger partial charge in [-0.1, -0.05) is 13.0 Å². The average molecular weight is 263 g/mol. The Hall–Kier alpha value is -2.24. The van der Waals surface area contributed by atoms with Crippen molar-refractivity contribution in [3.05, 3.63) is 29.8 Å². The first-order valence-corrected chi connectivity index (χ1v) is 5.91. The van der Waals surface area contributed by atoms with Gasteiger partial charge in [0.05, 0.1) is 11.4 Å². The van der Waals surface area contributed by atoms with Crippen molar-refractivity contribution in [3.63, 3.8) is 0 Å². The number of fused-ring (bicyclic) bond motifs is 1. The lowest BCUT2D eigenvalue weighted by molar-refractivity contribution is -0.124. The van der Waals surface area contributed by atoms with Crippen LogP contribution >= 0.6 is 0 Å². The number of imidazole rings is 1. The van der Waals surface area contributed by atoms with Gasteiger partial charge >= 0.3 is 0 Å². The minimum absolute atomic E-state index is 0.0238. The molecule has 3 N–H and O–H groups in total. The van der Waals surface area contributed by atoms with Crippen LogP contribution in [0.25, 0.3) is 11.0 Å². The Morgan fingerprint density at radius 1 is 1.58 bits per heavy atom. The predicted molar refractivity (Wildman–Crippen MR) is 67.8 cm³/mol. The summed E-state index contributed by atoms with van der Waals surface area (Å²) in [7, 11) is 0. The molecule has 2 aromatic rings. The molecule has 100 valence electrons. The molecule has 1 unspecified atom stereocenters. The van der Waals surface area contributed by atoms with E-state index in [0.29, 0.717) is 17.6 Å². The highest BCUT2D eigenvalue weighted by atomic mass is 19.1. The molecule has 1 heterocycles. The van der Waals surface area contributed by atoms with Gasteiger partial charge in [-0.15, -0.1) is 0 Å². The molecule has 0 bridgehead atoms. The van der Waals surface area contributed by atoms with Crippen molar-refractivity contribution in [2.75, 3.05) is 0 Å². The number of carbonyl (C=O) groups is 2. The van der Waals surface area contributed by atoms with Gasteiger partial charge in [0.1, 0.15) is 17.6 Å². The molecular formula is C13H14FN3O2. The Labute approximate surface area is 109 Å². The Bertz CT molecular complexity index is 623. The quantitative estimate of drug-likeness (QED) is 0.801. The maximum atomic E-state index is 13.5. The highest BCUT2D eigenvalue weighted by Crippen LogP contribution is 2.26. The molecular weight excluding hydrogens is 249 g/mol. The van der Waals surface area contributed by atoms with Crippen LogP contribution in [0, 0.1) is 11.7 Å². The van der Waals surface area contributed by atoms with Gasteiger partial charge in [-0.25, -0.2) is 9.37 Å². The maximum Gasteiger partial charge on any atom is 0.221 e. The molecule has 0 aliphatic carbocycles. The van der Waals surface area contributed by atoms with E-state index in [4.69, 9.17) is 5.73 Å². The van der Waals surface area contributed by atoms with Gasteiger partial charge in [0, 0.05) is 12.3 Å². The number of aromatic amines is 1. The van der Waals surface area contributed by atoms with Gasteiger partial charge in [-0.2, -0.15) is 0 Å². The van der Waals surface area contributed by atoms with Crippen LogP contribution in [0.15, 0.2) is 18.2 Å². The maximum absolute atomic E-state index is 13.5. The number of H-pyrrole nitrogens is 1. The van der Waals surface area contributed by atoms with Gasteiger partial charge in [-0.05, 0) is 12.1 Å². The van der Waals surface area contributed by atoms with Crippen molar-refractivity contribution in [1.82, 2.24) is 9.97 Å². The number of aromatic nitrogens is 2. The second-order valence-electron chi connectivity index (χ2n) is 4.46. The van der Waals surface area contributed by atoms with Crippen LogP contribution in [0.2, 0.25) is 0 Å². The zero-order valence-electron chi connectivity index (χ0n) is 10.4.